The quantitative estimate of drug-likeness (QED) is 0.320. The lowest BCUT2D eigenvalue weighted by molar-refractivity contribution is -0.162. The van der Waals surface area contributed by atoms with Crippen molar-refractivity contribution in [3.63, 3.8) is 0 Å². The number of likely N-dealkylation sites (tertiary alicyclic amines) is 1. The second-order valence-corrected chi connectivity index (χ2v) is 11.5. The molecule has 0 radical (unpaired) electrons. The van der Waals surface area contributed by atoms with Gasteiger partial charge in [-0.05, 0) is 50.7 Å². The molecule has 1 spiro atoms. The average molecular weight is 561 g/mol. The lowest BCUT2D eigenvalue weighted by atomic mass is 9.65. The fraction of sp³-hybridized carbons (Fsp3) is 0.633. The van der Waals surface area contributed by atoms with Gasteiger partial charge in [0.2, 0.25) is 5.91 Å². The van der Waals surface area contributed by atoms with Crippen LogP contribution in [0.2, 0.25) is 5.02 Å². The number of aryl methyl sites for hydroxylation is 1. The minimum atomic E-state index is -1.23. The number of para-hydroxylation sites is 1. The van der Waals surface area contributed by atoms with Gasteiger partial charge in [-0.2, -0.15) is 0 Å². The topological polar surface area (TPSA) is 96.4 Å². The highest BCUT2D eigenvalue weighted by Crippen LogP contribution is 2.65. The number of hydrogen-bond acceptors (Lipinski definition) is 6. The lowest BCUT2D eigenvalue weighted by Gasteiger charge is -2.41. The smallest absolute Gasteiger partial charge is 0.312 e. The van der Waals surface area contributed by atoms with Crippen molar-refractivity contribution in [2.75, 3.05) is 24.7 Å². The molecule has 3 aliphatic heterocycles. The van der Waals surface area contributed by atoms with Crippen molar-refractivity contribution >= 4 is 35.1 Å². The minimum Gasteiger partial charge on any atom is -0.466 e. The van der Waals surface area contributed by atoms with Crippen molar-refractivity contribution < 1.29 is 29.0 Å². The maximum absolute atomic E-state index is 14.8. The van der Waals surface area contributed by atoms with E-state index in [0.717, 1.165) is 5.56 Å². The molecule has 0 aliphatic carbocycles. The molecule has 1 N–H and O–H groups in total. The molecule has 0 aromatic heterocycles. The van der Waals surface area contributed by atoms with Gasteiger partial charge >= 0.3 is 5.97 Å². The molecule has 4 rings (SSSR count). The van der Waals surface area contributed by atoms with Gasteiger partial charge in [0.05, 0.1) is 41.5 Å². The molecule has 1 aromatic carbocycles. The van der Waals surface area contributed by atoms with Crippen molar-refractivity contribution in [3.05, 3.63) is 41.4 Å². The monoisotopic (exact) mass is 560 g/mol. The van der Waals surface area contributed by atoms with E-state index in [1.165, 1.54) is 4.90 Å². The summed E-state index contributed by atoms with van der Waals surface area (Å²) >= 11 is 6.63. The number of anilines is 1. The largest absolute Gasteiger partial charge is 0.466 e. The third-order valence-electron chi connectivity index (χ3n) is 9.27. The molecule has 214 valence electrons. The van der Waals surface area contributed by atoms with Crippen LogP contribution in [0.25, 0.3) is 0 Å². The van der Waals surface area contributed by atoms with E-state index in [-0.39, 0.29) is 37.5 Å². The molecule has 2 unspecified atom stereocenters. The number of rotatable bonds is 11. The number of fused-ring (bicyclic) bond motifs is 1. The molecule has 3 heterocycles. The van der Waals surface area contributed by atoms with Gasteiger partial charge in [0, 0.05) is 6.54 Å². The van der Waals surface area contributed by atoms with Crippen LogP contribution in [0, 0.1) is 24.7 Å². The van der Waals surface area contributed by atoms with Crippen LogP contribution in [0.1, 0.15) is 58.9 Å². The van der Waals surface area contributed by atoms with E-state index in [9.17, 15) is 19.5 Å². The first-order valence-electron chi connectivity index (χ1n) is 14.1. The van der Waals surface area contributed by atoms with Gasteiger partial charge in [0.25, 0.3) is 5.91 Å². The molecule has 2 bridgehead atoms. The Morgan fingerprint density at radius 1 is 1.33 bits per heavy atom. The van der Waals surface area contributed by atoms with Gasteiger partial charge < -0.3 is 24.4 Å². The zero-order valence-electron chi connectivity index (χ0n) is 23.6. The number of benzene rings is 1. The summed E-state index contributed by atoms with van der Waals surface area (Å²) in [6.07, 6.45) is 3.81. The summed E-state index contributed by atoms with van der Waals surface area (Å²) < 4.78 is 12.3. The molecule has 3 fully saturated rings. The second kappa shape index (κ2) is 11.2. The summed E-state index contributed by atoms with van der Waals surface area (Å²) in [7, 11) is 0. The minimum absolute atomic E-state index is 0.0993. The van der Waals surface area contributed by atoms with Crippen LogP contribution in [-0.4, -0.2) is 70.8 Å². The van der Waals surface area contributed by atoms with E-state index < -0.39 is 41.1 Å². The highest BCUT2D eigenvalue weighted by Gasteiger charge is 2.79. The standard InChI is InChI=1S/C30H41ClN2O6/c1-7-16-32(24-19(6)12-11-13-20(24)31)27(36)25-30-15-14-29(9-3,39-30)23(28(37)38-10-4)22(30)26(35)33(25)21(17-34)18(5)8-2/h7,11-13,18,21-23,25,34H,1,8-10,14-17H2,2-6H3/t18-,21-,22-,23+,25?,29-,30?/m0/s1. The van der Waals surface area contributed by atoms with Crippen molar-refractivity contribution in [2.45, 2.75) is 83.6 Å². The highest BCUT2D eigenvalue weighted by atomic mass is 35.5. The highest BCUT2D eigenvalue weighted by molar-refractivity contribution is 6.34. The van der Waals surface area contributed by atoms with Crippen LogP contribution in [0.3, 0.4) is 0 Å². The van der Waals surface area contributed by atoms with Crippen LogP contribution in [0.4, 0.5) is 5.69 Å². The Morgan fingerprint density at radius 3 is 2.62 bits per heavy atom. The zero-order chi connectivity index (χ0) is 28.7. The van der Waals surface area contributed by atoms with Crippen LogP contribution in [0.5, 0.6) is 0 Å². The maximum atomic E-state index is 14.8. The number of ether oxygens (including phenoxy) is 2. The summed E-state index contributed by atoms with van der Waals surface area (Å²) in [5.41, 5.74) is -0.766. The van der Waals surface area contributed by atoms with Crippen molar-refractivity contribution in [1.29, 1.82) is 0 Å². The molecule has 2 amide bonds. The number of halogens is 1. The van der Waals surface area contributed by atoms with Gasteiger partial charge in [-0.15, -0.1) is 6.58 Å². The lowest BCUT2D eigenvalue weighted by Crippen LogP contribution is -2.60. The van der Waals surface area contributed by atoms with Gasteiger partial charge in [-0.3, -0.25) is 14.4 Å². The Hall–Kier alpha value is -2.42. The normalized spacial score (nSPS) is 30.7. The van der Waals surface area contributed by atoms with E-state index in [1.54, 1.807) is 24.0 Å². The Balaban J connectivity index is 1.92. The van der Waals surface area contributed by atoms with Crippen LogP contribution >= 0.6 is 11.6 Å². The van der Waals surface area contributed by atoms with Crippen molar-refractivity contribution in [1.82, 2.24) is 4.90 Å². The fourth-order valence-electron chi connectivity index (χ4n) is 7.23. The predicted octanol–water partition coefficient (Wildman–Crippen LogP) is 4.29. The zero-order valence-corrected chi connectivity index (χ0v) is 24.4. The molecule has 9 heteroatoms. The number of carbonyl (C=O) groups excluding carboxylic acids is 3. The number of hydrogen-bond donors (Lipinski definition) is 1. The summed E-state index contributed by atoms with van der Waals surface area (Å²) in [5, 5.41) is 11.0. The SMILES string of the molecule is C=CCN(C(=O)C1N([C@@H](CO)[C@@H](C)CC)C(=O)[C@@H]2[C@H](C(=O)OCC)[C@]3(CC)CCC12O3)c1c(C)cccc1Cl. The molecular formula is C30H41ClN2O6. The van der Waals surface area contributed by atoms with E-state index in [4.69, 9.17) is 21.1 Å². The number of amides is 2. The molecule has 8 nitrogen and oxygen atoms in total. The molecule has 0 saturated carbocycles. The number of nitrogens with zero attached hydrogens (tertiary/aromatic N) is 2. The Morgan fingerprint density at radius 2 is 2.05 bits per heavy atom. The molecular weight excluding hydrogens is 520 g/mol. The first-order chi connectivity index (χ1) is 18.6. The van der Waals surface area contributed by atoms with E-state index >= 15 is 0 Å². The van der Waals surface area contributed by atoms with E-state index in [1.807, 2.05) is 39.8 Å². The molecule has 3 aliphatic rings. The first kappa shape index (κ1) is 29.6. The summed E-state index contributed by atoms with van der Waals surface area (Å²) in [5.74, 6) is -2.97. The van der Waals surface area contributed by atoms with E-state index in [2.05, 4.69) is 6.58 Å². The third kappa shape index (κ3) is 4.39. The second-order valence-electron chi connectivity index (χ2n) is 11.1. The average Bonchev–Trinajstić information content (AvgIpc) is 3.52. The number of aliphatic hydroxyl groups is 1. The Bertz CT molecular complexity index is 1120. The molecule has 39 heavy (non-hydrogen) atoms. The number of carbonyl (C=O) groups is 3. The summed E-state index contributed by atoms with van der Waals surface area (Å²) in [6, 6.07) is 3.74. The van der Waals surface area contributed by atoms with Crippen LogP contribution < -0.4 is 4.90 Å². The first-order valence-corrected chi connectivity index (χ1v) is 14.4. The maximum Gasteiger partial charge on any atom is 0.312 e. The molecule has 3 saturated heterocycles. The predicted molar refractivity (Wildman–Crippen MR) is 149 cm³/mol. The summed E-state index contributed by atoms with van der Waals surface area (Å²) in [4.78, 5) is 45.7. The van der Waals surface area contributed by atoms with Gasteiger partial charge in [-0.25, -0.2) is 0 Å². The van der Waals surface area contributed by atoms with Crippen LogP contribution in [-0.2, 0) is 23.9 Å². The van der Waals surface area contributed by atoms with Gasteiger partial charge in [0.1, 0.15) is 17.6 Å². The Kier molecular flexibility index (Phi) is 8.50. The fourth-order valence-corrected chi connectivity index (χ4v) is 7.55. The summed E-state index contributed by atoms with van der Waals surface area (Å²) in [6.45, 7) is 13.4. The molecule has 7 atom stereocenters. The van der Waals surface area contributed by atoms with E-state index in [0.29, 0.717) is 36.4 Å². The van der Waals surface area contributed by atoms with Crippen molar-refractivity contribution in [3.8, 4) is 0 Å². The van der Waals surface area contributed by atoms with Crippen molar-refractivity contribution in [2.24, 2.45) is 17.8 Å². The molecule has 1 aromatic rings. The van der Waals surface area contributed by atoms with Gasteiger partial charge in [-0.1, -0.05) is 57.0 Å². The van der Waals surface area contributed by atoms with Gasteiger partial charge in [0.15, 0.2) is 0 Å². The number of aliphatic hydroxyl groups excluding tert-OH is 1. The Labute approximate surface area is 236 Å². The number of esters is 1. The third-order valence-corrected chi connectivity index (χ3v) is 9.58. The van der Waals surface area contributed by atoms with Crippen LogP contribution in [0.15, 0.2) is 30.9 Å².